The van der Waals surface area contributed by atoms with Gasteiger partial charge >= 0.3 is 5.97 Å². The molecule has 106 valence electrons. The molecule has 2 nitrogen and oxygen atoms in total. The molecule has 1 fully saturated rings. The molecule has 1 saturated carbocycles. The van der Waals surface area contributed by atoms with Gasteiger partial charge in [0.25, 0.3) is 0 Å². The quantitative estimate of drug-likeness (QED) is 0.605. The number of esters is 1. The third kappa shape index (κ3) is 2.26. The lowest BCUT2D eigenvalue weighted by atomic mass is 9.49. The Morgan fingerprint density at radius 1 is 1.45 bits per heavy atom. The average molecular weight is 291 g/mol. The fourth-order valence-corrected chi connectivity index (χ4v) is 3.68. The molecule has 2 bridgehead atoms. The van der Waals surface area contributed by atoms with Gasteiger partial charge in [-0.15, -0.1) is 0 Å². The Kier molecular flexibility index (Phi) is 3.37. The highest BCUT2D eigenvalue weighted by molar-refractivity contribution is 6.30. The third-order valence-electron chi connectivity index (χ3n) is 5.01. The van der Waals surface area contributed by atoms with E-state index in [2.05, 4.69) is 19.9 Å². The van der Waals surface area contributed by atoms with Crippen molar-refractivity contribution < 1.29 is 9.53 Å². The number of benzene rings is 1. The van der Waals surface area contributed by atoms with E-state index >= 15 is 0 Å². The molecule has 0 radical (unpaired) electrons. The van der Waals surface area contributed by atoms with E-state index in [1.807, 2.05) is 0 Å². The first-order valence-corrected chi connectivity index (χ1v) is 7.48. The van der Waals surface area contributed by atoms with Crippen LogP contribution in [0.4, 0.5) is 0 Å². The summed E-state index contributed by atoms with van der Waals surface area (Å²) < 4.78 is 5.45. The predicted octanol–water partition coefficient (Wildman–Crippen LogP) is 4.49. The number of allylic oxidation sites excluding steroid dienone is 1. The molecule has 3 heteroatoms. The average Bonchev–Trinajstić information content (AvgIpc) is 2.44. The van der Waals surface area contributed by atoms with Crippen LogP contribution in [0.25, 0.3) is 0 Å². The molecule has 0 N–H and O–H groups in total. The van der Waals surface area contributed by atoms with E-state index in [4.69, 9.17) is 16.3 Å². The zero-order valence-electron chi connectivity index (χ0n) is 11.9. The number of hydrogen-bond donors (Lipinski definition) is 0. The molecule has 3 aliphatic carbocycles. The maximum absolute atomic E-state index is 12.0. The third-order valence-corrected chi connectivity index (χ3v) is 5.25. The number of rotatable bonds is 3. The van der Waals surface area contributed by atoms with Gasteiger partial charge < -0.3 is 4.74 Å². The van der Waals surface area contributed by atoms with E-state index in [0.29, 0.717) is 28.5 Å². The first-order valence-electron chi connectivity index (χ1n) is 7.10. The smallest absolute Gasteiger partial charge is 0.338 e. The number of fused-ring (bicyclic) bond motifs is 1. The Balaban J connectivity index is 1.63. The van der Waals surface area contributed by atoms with Crippen molar-refractivity contribution in [1.29, 1.82) is 0 Å². The minimum Gasteiger partial charge on any atom is -0.458 e. The lowest BCUT2D eigenvalue weighted by Crippen LogP contribution is -2.48. The van der Waals surface area contributed by atoms with E-state index in [9.17, 15) is 4.79 Å². The molecule has 0 amide bonds. The van der Waals surface area contributed by atoms with E-state index in [-0.39, 0.29) is 5.97 Å². The summed E-state index contributed by atoms with van der Waals surface area (Å²) in [5.41, 5.74) is 2.17. The lowest BCUT2D eigenvalue weighted by Gasteiger charge is -2.56. The standard InChI is InChI=1S/C17H19ClO2/c1-17(2)13-7-6-12(15(17)9-13)10-20-16(19)11-4-3-5-14(18)8-11/h3-6,8,13,15H,7,9-10H2,1-2H3. The van der Waals surface area contributed by atoms with Crippen LogP contribution in [0.3, 0.4) is 0 Å². The summed E-state index contributed by atoms with van der Waals surface area (Å²) in [5.74, 6) is 1.08. The molecule has 2 unspecified atom stereocenters. The van der Waals surface area contributed by atoms with Crippen molar-refractivity contribution in [2.24, 2.45) is 17.3 Å². The molecule has 4 rings (SSSR count). The zero-order chi connectivity index (χ0) is 14.3. The number of carbonyl (C=O) groups is 1. The summed E-state index contributed by atoms with van der Waals surface area (Å²) in [6.07, 6.45) is 4.62. The molecule has 3 aliphatic rings. The van der Waals surface area contributed by atoms with Crippen LogP contribution in [-0.2, 0) is 4.74 Å². The highest BCUT2D eigenvalue weighted by atomic mass is 35.5. The molecule has 0 aromatic heterocycles. The number of carbonyl (C=O) groups excluding carboxylic acids is 1. The monoisotopic (exact) mass is 290 g/mol. The molecule has 0 heterocycles. The summed E-state index contributed by atoms with van der Waals surface area (Å²) in [4.78, 5) is 12.0. The van der Waals surface area contributed by atoms with E-state index in [1.165, 1.54) is 12.0 Å². The van der Waals surface area contributed by atoms with Gasteiger partial charge in [-0.2, -0.15) is 0 Å². The first-order chi connectivity index (χ1) is 9.48. The minimum absolute atomic E-state index is 0.298. The van der Waals surface area contributed by atoms with Crippen molar-refractivity contribution >= 4 is 17.6 Å². The molecular weight excluding hydrogens is 272 g/mol. The molecule has 0 spiro atoms. The Morgan fingerprint density at radius 2 is 2.25 bits per heavy atom. The second-order valence-electron chi connectivity index (χ2n) is 6.41. The van der Waals surface area contributed by atoms with Crippen molar-refractivity contribution in [3.8, 4) is 0 Å². The molecule has 1 aromatic carbocycles. The fraction of sp³-hybridized carbons (Fsp3) is 0.471. The number of halogens is 1. The summed E-state index contributed by atoms with van der Waals surface area (Å²) in [5, 5.41) is 0.555. The van der Waals surface area contributed by atoms with Gasteiger partial charge in [0, 0.05) is 5.02 Å². The van der Waals surface area contributed by atoms with Crippen LogP contribution in [0.1, 0.15) is 37.0 Å². The number of ether oxygens (including phenoxy) is 1. The summed E-state index contributed by atoms with van der Waals surface area (Å²) in [6, 6.07) is 6.88. The number of hydrogen-bond acceptors (Lipinski definition) is 2. The Hall–Kier alpha value is -1.28. The van der Waals surface area contributed by atoms with Crippen molar-refractivity contribution in [1.82, 2.24) is 0 Å². The Labute approximate surface area is 124 Å². The van der Waals surface area contributed by atoms with Crippen molar-refractivity contribution in [2.75, 3.05) is 6.61 Å². The fourth-order valence-electron chi connectivity index (χ4n) is 3.49. The highest BCUT2D eigenvalue weighted by Gasteiger charge is 2.51. The SMILES string of the molecule is CC1(C)C2CC=C(COC(=O)c3cccc(Cl)c3)C1C2. The predicted molar refractivity (Wildman–Crippen MR) is 79.8 cm³/mol. The van der Waals surface area contributed by atoms with Crippen LogP contribution < -0.4 is 0 Å². The molecule has 0 saturated heterocycles. The molecular formula is C17H19ClO2. The molecule has 20 heavy (non-hydrogen) atoms. The molecule has 0 aliphatic heterocycles. The Bertz CT molecular complexity index is 574. The molecule has 2 atom stereocenters. The van der Waals surface area contributed by atoms with Gasteiger partial charge in [-0.3, -0.25) is 0 Å². The summed E-state index contributed by atoms with van der Waals surface area (Å²) in [6.45, 7) is 5.04. The van der Waals surface area contributed by atoms with Crippen molar-refractivity contribution in [2.45, 2.75) is 26.7 Å². The van der Waals surface area contributed by atoms with E-state index in [1.54, 1.807) is 24.3 Å². The van der Waals surface area contributed by atoms with Gasteiger partial charge in [0.2, 0.25) is 0 Å². The maximum Gasteiger partial charge on any atom is 0.338 e. The van der Waals surface area contributed by atoms with Gasteiger partial charge in [0.1, 0.15) is 6.61 Å². The molecule has 1 aromatic rings. The largest absolute Gasteiger partial charge is 0.458 e. The van der Waals surface area contributed by atoms with Crippen LogP contribution in [0.2, 0.25) is 5.02 Å². The van der Waals surface area contributed by atoms with Crippen LogP contribution in [0.15, 0.2) is 35.9 Å². The highest BCUT2D eigenvalue weighted by Crippen LogP contribution is 2.59. The van der Waals surface area contributed by atoms with E-state index in [0.717, 1.165) is 12.3 Å². The van der Waals surface area contributed by atoms with Gasteiger partial charge in [0.05, 0.1) is 5.56 Å². The maximum atomic E-state index is 12.0. The Morgan fingerprint density at radius 3 is 2.90 bits per heavy atom. The second kappa shape index (κ2) is 4.92. The van der Waals surface area contributed by atoms with Crippen LogP contribution in [0.5, 0.6) is 0 Å². The summed E-state index contributed by atoms with van der Waals surface area (Å²) >= 11 is 5.89. The first kappa shape index (κ1) is 13.7. The zero-order valence-corrected chi connectivity index (χ0v) is 12.6. The van der Waals surface area contributed by atoms with Crippen molar-refractivity contribution in [3.63, 3.8) is 0 Å². The van der Waals surface area contributed by atoms with Crippen LogP contribution in [-0.4, -0.2) is 12.6 Å². The second-order valence-corrected chi connectivity index (χ2v) is 6.84. The minimum atomic E-state index is -0.298. The van der Waals surface area contributed by atoms with Gasteiger partial charge in [0.15, 0.2) is 0 Å². The lowest BCUT2D eigenvalue weighted by molar-refractivity contribution is -0.0155. The summed E-state index contributed by atoms with van der Waals surface area (Å²) in [7, 11) is 0. The van der Waals surface area contributed by atoms with Gasteiger partial charge in [-0.1, -0.05) is 37.6 Å². The normalized spacial score (nSPS) is 26.4. The van der Waals surface area contributed by atoms with Crippen molar-refractivity contribution in [3.05, 3.63) is 46.5 Å². The van der Waals surface area contributed by atoms with Crippen LogP contribution in [0, 0.1) is 17.3 Å². The topological polar surface area (TPSA) is 26.3 Å². The van der Waals surface area contributed by atoms with Crippen LogP contribution >= 0.6 is 11.6 Å². The van der Waals surface area contributed by atoms with Gasteiger partial charge in [-0.05, 0) is 53.9 Å². The van der Waals surface area contributed by atoms with E-state index < -0.39 is 0 Å². The van der Waals surface area contributed by atoms with Gasteiger partial charge in [-0.25, -0.2) is 4.79 Å².